The summed E-state index contributed by atoms with van der Waals surface area (Å²) in [5.41, 5.74) is 2.41. The number of thiophene rings is 1. The topological polar surface area (TPSA) is 138 Å². The Labute approximate surface area is 211 Å². The molecule has 0 aliphatic carbocycles. The van der Waals surface area contributed by atoms with E-state index in [2.05, 4.69) is 15.3 Å². The van der Waals surface area contributed by atoms with Crippen LogP contribution >= 0.6 is 23.1 Å². The Morgan fingerprint density at radius 2 is 2.00 bits per heavy atom. The summed E-state index contributed by atoms with van der Waals surface area (Å²) in [4.78, 5) is 35.9. The number of Topliss-reactive ketones (excluding diaryl/α,β-unsaturated/α-hetero) is 1. The van der Waals surface area contributed by atoms with Gasteiger partial charge in [-0.05, 0) is 49.1 Å². The Morgan fingerprint density at radius 1 is 1.23 bits per heavy atom. The second-order valence-electron chi connectivity index (χ2n) is 8.04. The summed E-state index contributed by atoms with van der Waals surface area (Å²) in [7, 11) is -4.29. The average Bonchev–Trinajstić information content (AvgIpc) is 3.34. The van der Waals surface area contributed by atoms with Crippen molar-refractivity contribution in [1.82, 2.24) is 20.8 Å². The number of sulfone groups is 1. The van der Waals surface area contributed by atoms with Crippen molar-refractivity contribution in [2.75, 3.05) is 19.3 Å². The summed E-state index contributed by atoms with van der Waals surface area (Å²) in [6, 6.07) is 11.4. The van der Waals surface area contributed by atoms with Gasteiger partial charge in [0.1, 0.15) is 15.7 Å². The van der Waals surface area contributed by atoms with Crippen LogP contribution in [0.3, 0.4) is 0 Å². The van der Waals surface area contributed by atoms with Crippen molar-refractivity contribution in [3.8, 4) is 10.4 Å². The molecule has 1 aromatic carbocycles. The third kappa shape index (κ3) is 4.89. The van der Waals surface area contributed by atoms with Gasteiger partial charge < -0.3 is 5.32 Å². The molecule has 0 saturated carbocycles. The van der Waals surface area contributed by atoms with Crippen molar-refractivity contribution in [3.63, 3.8) is 0 Å². The van der Waals surface area contributed by atoms with Gasteiger partial charge in [0, 0.05) is 33.6 Å². The highest BCUT2D eigenvalue weighted by atomic mass is 32.2. The van der Waals surface area contributed by atoms with Crippen molar-refractivity contribution in [2.45, 2.75) is 27.7 Å². The van der Waals surface area contributed by atoms with Crippen LogP contribution in [0.1, 0.15) is 28.2 Å². The molecule has 12 heteroatoms. The Kier molecular flexibility index (Phi) is 7.67. The minimum absolute atomic E-state index is 0.0539. The van der Waals surface area contributed by atoms with Gasteiger partial charge in [-0.3, -0.25) is 19.8 Å². The Hall–Kier alpha value is -2.64. The molecule has 184 valence electrons. The van der Waals surface area contributed by atoms with E-state index in [4.69, 9.17) is 0 Å². The van der Waals surface area contributed by atoms with Crippen molar-refractivity contribution in [1.29, 1.82) is 0 Å². The van der Waals surface area contributed by atoms with Gasteiger partial charge in [-0.15, -0.1) is 23.1 Å². The Morgan fingerprint density at radius 3 is 2.66 bits per heavy atom. The fourth-order valence-electron chi connectivity index (χ4n) is 4.20. The highest BCUT2D eigenvalue weighted by Gasteiger charge is 2.54. The van der Waals surface area contributed by atoms with E-state index in [1.807, 2.05) is 36.6 Å². The lowest BCUT2D eigenvalue weighted by Crippen LogP contribution is -2.48. The predicted molar refractivity (Wildman–Crippen MR) is 134 cm³/mol. The molecule has 0 radical (unpaired) electrons. The molecule has 1 fully saturated rings. The summed E-state index contributed by atoms with van der Waals surface area (Å²) in [6.07, 6.45) is 5.46. The van der Waals surface area contributed by atoms with Crippen LogP contribution < -0.4 is 10.8 Å². The molecule has 1 amide bonds. The first-order chi connectivity index (χ1) is 16.8. The highest BCUT2D eigenvalue weighted by Crippen LogP contribution is 2.46. The lowest BCUT2D eigenvalue weighted by atomic mass is 9.97. The standard InChI is InChI=1S/C23H24N4O5S3/c1-33-16-4-2-15(3-5-16)18-6-7-20(34-18)23(12-21(28)27-30)8-9-24-14-19(35(23,31)32)22(29)17-13-25-10-11-26-17/h2-7,10-11,13,19,24,30H,8-9,12,14H2,1H3,(H,27,28). The quantitative estimate of drug-likeness (QED) is 0.181. The molecule has 4 rings (SSSR count). The lowest BCUT2D eigenvalue weighted by Gasteiger charge is -2.32. The molecule has 1 aliphatic rings. The number of rotatable bonds is 7. The van der Waals surface area contributed by atoms with Crippen LogP contribution in [0.25, 0.3) is 10.4 Å². The van der Waals surface area contributed by atoms with Crippen molar-refractivity contribution in [2.24, 2.45) is 0 Å². The monoisotopic (exact) mass is 532 g/mol. The van der Waals surface area contributed by atoms with Gasteiger partial charge in [0.2, 0.25) is 11.7 Å². The van der Waals surface area contributed by atoms with Crippen LogP contribution in [0.5, 0.6) is 0 Å². The van der Waals surface area contributed by atoms with Crippen LogP contribution in [0.2, 0.25) is 0 Å². The molecule has 3 heterocycles. The number of carbonyl (C=O) groups is 2. The smallest absolute Gasteiger partial charge is 0.245 e. The van der Waals surface area contributed by atoms with Crippen molar-refractivity contribution >= 4 is 44.6 Å². The largest absolute Gasteiger partial charge is 0.315 e. The highest BCUT2D eigenvalue weighted by molar-refractivity contribution is 7.98. The van der Waals surface area contributed by atoms with Crippen LogP contribution in [-0.2, 0) is 19.4 Å². The molecule has 2 atom stereocenters. The number of thioether (sulfide) groups is 1. The molecule has 2 aromatic heterocycles. The van der Waals surface area contributed by atoms with Gasteiger partial charge in [-0.2, -0.15) is 0 Å². The van der Waals surface area contributed by atoms with Crippen LogP contribution in [-0.4, -0.2) is 59.9 Å². The number of aromatic nitrogens is 2. The number of nitrogens with one attached hydrogen (secondary N) is 2. The summed E-state index contributed by atoms with van der Waals surface area (Å²) >= 11 is 2.88. The molecule has 3 aromatic rings. The van der Waals surface area contributed by atoms with E-state index in [1.165, 1.54) is 29.9 Å². The number of hydrogen-bond acceptors (Lipinski definition) is 10. The van der Waals surface area contributed by atoms with Crippen LogP contribution in [0.4, 0.5) is 0 Å². The average molecular weight is 533 g/mol. The van der Waals surface area contributed by atoms with Gasteiger partial charge in [0.05, 0.1) is 12.6 Å². The Bertz CT molecular complexity index is 1310. The summed E-state index contributed by atoms with van der Waals surface area (Å²) in [5.74, 6) is -1.54. The maximum absolute atomic E-state index is 14.2. The zero-order chi connectivity index (χ0) is 25.1. The van der Waals surface area contributed by atoms with E-state index >= 15 is 0 Å². The minimum atomic E-state index is -4.29. The SMILES string of the molecule is CSc1ccc(-c2ccc(C3(CC(=O)NO)CCNCC(C(=O)c4cnccn4)S3(=O)=O)s2)cc1. The van der Waals surface area contributed by atoms with Crippen LogP contribution in [0.15, 0.2) is 59.9 Å². The fourth-order valence-corrected chi connectivity index (χ4v) is 8.56. The Balaban J connectivity index is 1.82. The second kappa shape index (κ2) is 10.5. The zero-order valence-corrected chi connectivity index (χ0v) is 21.3. The predicted octanol–water partition coefficient (Wildman–Crippen LogP) is 2.68. The van der Waals surface area contributed by atoms with Gasteiger partial charge in [0.25, 0.3) is 0 Å². The number of hydrogen-bond donors (Lipinski definition) is 3. The van der Waals surface area contributed by atoms with E-state index in [1.54, 1.807) is 23.3 Å². The fraction of sp³-hybridized carbons (Fsp3) is 0.304. The minimum Gasteiger partial charge on any atom is -0.315 e. The van der Waals surface area contributed by atoms with Crippen molar-refractivity contribution in [3.05, 3.63) is 65.6 Å². The van der Waals surface area contributed by atoms with Crippen molar-refractivity contribution < 1.29 is 23.2 Å². The molecule has 35 heavy (non-hydrogen) atoms. The van der Waals surface area contributed by atoms with Gasteiger partial charge in [-0.1, -0.05) is 12.1 Å². The van der Waals surface area contributed by atoms with Gasteiger partial charge in [-0.25, -0.2) is 18.9 Å². The summed E-state index contributed by atoms with van der Waals surface area (Å²) < 4.78 is 26.7. The van der Waals surface area contributed by atoms with E-state index < -0.39 is 37.9 Å². The molecule has 3 N–H and O–H groups in total. The van der Waals surface area contributed by atoms with Crippen LogP contribution in [0, 0.1) is 0 Å². The lowest BCUT2D eigenvalue weighted by molar-refractivity contribution is -0.129. The van der Waals surface area contributed by atoms with Gasteiger partial charge in [0.15, 0.2) is 9.84 Å². The molecule has 9 nitrogen and oxygen atoms in total. The van der Waals surface area contributed by atoms with E-state index in [0.717, 1.165) is 15.3 Å². The molecule has 2 unspecified atom stereocenters. The second-order valence-corrected chi connectivity index (χ2v) is 12.4. The molecule has 1 aliphatic heterocycles. The summed E-state index contributed by atoms with van der Waals surface area (Å²) in [6.45, 7) is 0.145. The zero-order valence-electron chi connectivity index (χ0n) is 18.8. The maximum Gasteiger partial charge on any atom is 0.245 e. The first kappa shape index (κ1) is 25.5. The number of hydroxylamine groups is 1. The third-order valence-electron chi connectivity index (χ3n) is 6.06. The number of ketones is 1. The number of benzene rings is 1. The maximum atomic E-state index is 14.2. The van der Waals surface area contributed by atoms with E-state index in [9.17, 15) is 23.2 Å². The number of amides is 1. The van der Waals surface area contributed by atoms with E-state index in [0.29, 0.717) is 4.88 Å². The number of carbonyl (C=O) groups excluding carboxylic acids is 2. The molecule has 1 saturated heterocycles. The molecule has 0 spiro atoms. The first-order valence-electron chi connectivity index (χ1n) is 10.7. The summed E-state index contributed by atoms with van der Waals surface area (Å²) in [5, 5.41) is 10.8. The molecular weight excluding hydrogens is 508 g/mol. The molecular formula is C23H24N4O5S3. The van der Waals surface area contributed by atoms with E-state index in [-0.39, 0.29) is 25.2 Å². The normalized spacial score (nSPS) is 21.7. The van der Waals surface area contributed by atoms with Gasteiger partial charge >= 0.3 is 0 Å². The number of nitrogens with zero attached hydrogens (tertiary/aromatic N) is 2. The third-order valence-corrected chi connectivity index (χ3v) is 11.1. The first-order valence-corrected chi connectivity index (χ1v) is 14.3. The molecule has 0 bridgehead atoms.